The van der Waals surface area contributed by atoms with E-state index in [1.807, 2.05) is 0 Å². The Kier molecular flexibility index (Phi) is 8.98. The van der Waals surface area contributed by atoms with E-state index in [9.17, 15) is 23.1 Å². The first-order valence-electron chi connectivity index (χ1n) is 8.94. The molecule has 0 atom stereocenters. The predicted octanol–water partition coefficient (Wildman–Crippen LogP) is 2.94. The van der Waals surface area contributed by atoms with E-state index in [0.29, 0.717) is 38.1 Å². The van der Waals surface area contributed by atoms with Crippen molar-refractivity contribution in [2.24, 2.45) is 0 Å². The molecule has 0 aliphatic carbocycles. The molecule has 1 fully saturated rings. The number of unbranched alkanes of at least 4 members (excludes halogenated alkanes) is 1. The summed E-state index contributed by atoms with van der Waals surface area (Å²) in [5.41, 5.74) is -0.474. The minimum absolute atomic E-state index is 0. The number of alkyl halides is 3. The molecule has 27 heavy (non-hydrogen) atoms. The summed E-state index contributed by atoms with van der Waals surface area (Å²) in [5.74, 6) is -1.02. The lowest BCUT2D eigenvalue weighted by Gasteiger charge is -2.34. The van der Waals surface area contributed by atoms with Crippen LogP contribution in [-0.4, -0.2) is 36.8 Å². The summed E-state index contributed by atoms with van der Waals surface area (Å²) < 4.78 is 44.8. The Morgan fingerprint density at radius 2 is 2.00 bits per heavy atom. The Morgan fingerprint density at radius 3 is 2.56 bits per heavy atom. The molecule has 0 bridgehead atoms. The summed E-state index contributed by atoms with van der Waals surface area (Å²) in [4.78, 5) is 16.3. The van der Waals surface area contributed by atoms with Gasteiger partial charge in [-0.15, -0.1) is 0 Å². The molecule has 4 N–H and O–H groups in total. The van der Waals surface area contributed by atoms with Crippen molar-refractivity contribution in [1.82, 2.24) is 11.1 Å². The summed E-state index contributed by atoms with van der Waals surface area (Å²) in [7, 11) is 0. The fourth-order valence-corrected chi connectivity index (χ4v) is 2.97. The lowest BCUT2D eigenvalue weighted by atomic mass is 10.0. The Morgan fingerprint density at radius 1 is 1.33 bits per heavy atom. The number of nitrogens with zero attached hydrogens (tertiary/aromatic N) is 2. The van der Waals surface area contributed by atoms with Crippen molar-refractivity contribution in [3.63, 3.8) is 0 Å². The van der Waals surface area contributed by atoms with Crippen molar-refractivity contribution in [2.45, 2.75) is 57.7 Å². The number of hydrogen-bond donors (Lipinski definition) is 1. The van der Waals surface area contributed by atoms with Gasteiger partial charge in [0.1, 0.15) is 11.5 Å². The van der Waals surface area contributed by atoms with Gasteiger partial charge in [0.2, 0.25) is 0 Å². The summed E-state index contributed by atoms with van der Waals surface area (Å²) in [6.45, 7) is 3.84. The van der Waals surface area contributed by atoms with Gasteiger partial charge in [0.15, 0.2) is 0 Å². The smallest absolute Gasteiger partial charge is 0.433 e. The van der Waals surface area contributed by atoms with Crippen molar-refractivity contribution in [2.75, 3.05) is 24.6 Å². The zero-order valence-electron chi connectivity index (χ0n) is 15.8. The molecule has 0 saturated carbocycles. The fourth-order valence-electron chi connectivity index (χ4n) is 2.97. The van der Waals surface area contributed by atoms with Crippen molar-refractivity contribution < 1.29 is 27.8 Å². The third kappa shape index (κ3) is 6.99. The van der Waals surface area contributed by atoms with Gasteiger partial charge in [-0.25, -0.2) is 4.98 Å². The minimum Gasteiger partial charge on any atom is -0.550 e. The number of pyridine rings is 1. The normalized spacial score (nSPS) is 15.5. The van der Waals surface area contributed by atoms with E-state index >= 15 is 0 Å². The van der Waals surface area contributed by atoms with E-state index in [0.717, 1.165) is 18.9 Å². The first-order chi connectivity index (χ1) is 12.3. The van der Waals surface area contributed by atoms with Gasteiger partial charge in [-0.05, 0) is 43.7 Å². The lowest BCUT2D eigenvalue weighted by molar-refractivity contribution is -0.305. The van der Waals surface area contributed by atoms with E-state index < -0.39 is 17.8 Å². The Bertz CT molecular complexity index is 603. The van der Waals surface area contributed by atoms with Crippen LogP contribution in [0.2, 0.25) is 0 Å². The van der Waals surface area contributed by atoms with Gasteiger partial charge in [-0.3, -0.25) is 0 Å². The largest absolute Gasteiger partial charge is 0.550 e. The highest BCUT2D eigenvalue weighted by atomic mass is 19.4. The number of aryl methyl sites for hydroxylation is 1. The maximum Gasteiger partial charge on any atom is 0.433 e. The van der Waals surface area contributed by atoms with Crippen LogP contribution in [0, 0.1) is 0 Å². The third-order valence-electron chi connectivity index (χ3n) is 4.44. The number of aromatic nitrogens is 1. The zero-order chi connectivity index (χ0) is 19.2. The standard InChI is InChI=1S/C18H25F3N2O3.H3N/c1-2-3-12-26-14-8-10-23(11-9-14)17-13(5-7-16(24)25)4-6-15(22-17)18(19,20)21;/h4,6,14H,2-3,5,7-12H2,1H3,(H,24,25);1H3. The van der Waals surface area contributed by atoms with Gasteiger partial charge < -0.3 is 25.7 Å². The van der Waals surface area contributed by atoms with Gasteiger partial charge >= 0.3 is 6.18 Å². The molecule has 0 spiro atoms. The van der Waals surface area contributed by atoms with Gasteiger partial charge in [0.25, 0.3) is 0 Å². The summed E-state index contributed by atoms with van der Waals surface area (Å²) in [5, 5.41) is 10.7. The SMILES string of the molecule is CCCCOC1CCN(c2nc(C(F)(F)F)ccc2CCC(=O)[O-])CC1.[NH4+]. The molecule has 6 nitrogen and oxygen atoms in total. The Balaban J connectivity index is 0.00000364. The van der Waals surface area contributed by atoms with E-state index in [4.69, 9.17) is 4.74 Å². The van der Waals surface area contributed by atoms with Crippen LogP contribution < -0.4 is 16.2 Å². The molecule has 1 aliphatic rings. The highest BCUT2D eigenvalue weighted by Gasteiger charge is 2.34. The van der Waals surface area contributed by atoms with Crippen LogP contribution in [0.3, 0.4) is 0 Å². The molecular formula is C18H28F3N3O3. The van der Waals surface area contributed by atoms with Gasteiger partial charge in [0.05, 0.1) is 6.10 Å². The molecule has 154 valence electrons. The number of anilines is 1. The number of carboxylic acids is 1. The molecule has 1 saturated heterocycles. The number of carbonyl (C=O) groups excluding carboxylic acids is 1. The number of halogens is 3. The van der Waals surface area contributed by atoms with E-state index in [1.54, 1.807) is 4.90 Å². The summed E-state index contributed by atoms with van der Waals surface area (Å²) in [6.07, 6.45) is -1.13. The molecule has 1 aliphatic heterocycles. The number of hydrogen-bond acceptors (Lipinski definition) is 5. The minimum atomic E-state index is -4.54. The van der Waals surface area contributed by atoms with Crippen LogP contribution in [0.15, 0.2) is 12.1 Å². The topological polar surface area (TPSA) is 102 Å². The second-order valence-electron chi connectivity index (χ2n) is 6.46. The maximum absolute atomic E-state index is 13.0. The number of aliphatic carboxylic acids is 1. The Hall–Kier alpha value is -1.87. The summed E-state index contributed by atoms with van der Waals surface area (Å²) in [6, 6.07) is 2.21. The first-order valence-corrected chi connectivity index (χ1v) is 8.94. The molecule has 0 amide bonds. The van der Waals surface area contributed by atoms with Crippen LogP contribution in [0.25, 0.3) is 0 Å². The fraction of sp³-hybridized carbons (Fsp3) is 0.667. The first kappa shape index (κ1) is 23.2. The third-order valence-corrected chi connectivity index (χ3v) is 4.44. The lowest BCUT2D eigenvalue weighted by Crippen LogP contribution is -2.38. The van der Waals surface area contributed by atoms with Crippen LogP contribution in [-0.2, 0) is 22.1 Å². The van der Waals surface area contributed by atoms with Crippen molar-refractivity contribution in [3.8, 4) is 0 Å². The molecule has 0 unspecified atom stereocenters. The number of piperidine rings is 1. The van der Waals surface area contributed by atoms with Crippen LogP contribution in [0.5, 0.6) is 0 Å². The molecular weight excluding hydrogens is 363 g/mol. The maximum atomic E-state index is 13.0. The number of carbonyl (C=O) groups is 1. The van der Waals surface area contributed by atoms with Crippen molar-refractivity contribution in [3.05, 3.63) is 23.4 Å². The average Bonchev–Trinajstić information content (AvgIpc) is 2.60. The average molecular weight is 391 g/mol. The number of rotatable bonds is 8. The number of quaternary nitrogens is 1. The quantitative estimate of drug-likeness (QED) is 0.687. The molecule has 0 aromatic carbocycles. The van der Waals surface area contributed by atoms with Crippen molar-refractivity contribution in [1.29, 1.82) is 0 Å². The molecule has 1 aromatic heterocycles. The molecule has 1 aromatic rings. The second-order valence-corrected chi connectivity index (χ2v) is 6.46. The van der Waals surface area contributed by atoms with E-state index in [-0.39, 0.29) is 30.9 Å². The highest BCUT2D eigenvalue weighted by Crippen LogP contribution is 2.32. The van der Waals surface area contributed by atoms with Crippen LogP contribution in [0.4, 0.5) is 19.0 Å². The van der Waals surface area contributed by atoms with E-state index in [1.165, 1.54) is 6.07 Å². The monoisotopic (exact) mass is 391 g/mol. The zero-order valence-corrected chi connectivity index (χ0v) is 15.8. The summed E-state index contributed by atoms with van der Waals surface area (Å²) >= 11 is 0. The van der Waals surface area contributed by atoms with Gasteiger partial charge in [-0.1, -0.05) is 19.4 Å². The molecule has 9 heteroatoms. The van der Waals surface area contributed by atoms with Crippen LogP contribution in [0.1, 0.15) is 50.3 Å². The van der Waals surface area contributed by atoms with E-state index in [2.05, 4.69) is 11.9 Å². The van der Waals surface area contributed by atoms with Crippen molar-refractivity contribution >= 4 is 11.8 Å². The molecule has 2 heterocycles. The Labute approximate surface area is 157 Å². The number of ether oxygens (including phenoxy) is 1. The second kappa shape index (κ2) is 10.5. The number of carboxylic acid groups (broad SMARTS) is 1. The van der Waals surface area contributed by atoms with Gasteiger partial charge in [-0.2, -0.15) is 13.2 Å². The predicted molar refractivity (Wildman–Crippen MR) is 94.6 cm³/mol. The molecule has 0 radical (unpaired) electrons. The van der Waals surface area contributed by atoms with Gasteiger partial charge in [0, 0.05) is 25.7 Å². The van der Waals surface area contributed by atoms with Crippen LogP contribution >= 0.6 is 0 Å². The highest BCUT2D eigenvalue weighted by molar-refractivity contribution is 5.65. The molecule has 2 rings (SSSR count).